The second kappa shape index (κ2) is 10.5. The van der Waals surface area contributed by atoms with E-state index in [1.54, 1.807) is 37.4 Å². The largest absolute Gasteiger partial charge is 0.497 e. The highest BCUT2D eigenvalue weighted by Gasteiger charge is 2.06. The normalized spacial score (nSPS) is 10.6. The number of methoxy groups -OCH3 is 1. The molecule has 0 aliphatic carbocycles. The number of non-ortho nitro benzene ring substituents is 1. The number of hydrogen-bond acceptors (Lipinski definition) is 6. The van der Waals surface area contributed by atoms with Crippen LogP contribution in [-0.2, 0) is 17.8 Å². The Morgan fingerprint density at radius 3 is 2.39 bits per heavy atom. The zero-order chi connectivity index (χ0) is 22.1. The molecule has 0 fully saturated rings. The van der Waals surface area contributed by atoms with Gasteiger partial charge in [0.15, 0.2) is 0 Å². The number of carbonyl (C=O) groups excluding carboxylic acids is 1. The summed E-state index contributed by atoms with van der Waals surface area (Å²) in [6.07, 6.45) is 1.71. The number of rotatable bonds is 9. The molecule has 1 N–H and O–H groups in total. The van der Waals surface area contributed by atoms with Crippen molar-refractivity contribution in [3.8, 4) is 11.5 Å². The van der Waals surface area contributed by atoms with Gasteiger partial charge in [0.2, 0.25) is 5.91 Å². The molecule has 8 heteroatoms. The summed E-state index contributed by atoms with van der Waals surface area (Å²) >= 11 is 0. The number of ether oxygens (including phenoxy) is 2. The first-order valence-electron chi connectivity index (χ1n) is 9.45. The van der Waals surface area contributed by atoms with Crippen LogP contribution >= 0.6 is 0 Å². The van der Waals surface area contributed by atoms with Gasteiger partial charge >= 0.3 is 0 Å². The lowest BCUT2D eigenvalue weighted by molar-refractivity contribution is -0.384. The minimum absolute atomic E-state index is 0.0293. The van der Waals surface area contributed by atoms with Crippen molar-refractivity contribution >= 4 is 17.8 Å². The van der Waals surface area contributed by atoms with Crippen LogP contribution in [0.3, 0.4) is 0 Å². The van der Waals surface area contributed by atoms with E-state index in [0.29, 0.717) is 11.3 Å². The molecule has 0 saturated carbocycles. The maximum atomic E-state index is 12.1. The number of hydrazone groups is 1. The fourth-order valence-corrected chi connectivity index (χ4v) is 2.74. The van der Waals surface area contributed by atoms with Crippen LogP contribution in [0.4, 0.5) is 5.69 Å². The summed E-state index contributed by atoms with van der Waals surface area (Å²) in [5.41, 5.74) is 4.87. The number of nitrogens with one attached hydrogen (secondary N) is 1. The first-order chi connectivity index (χ1) is 15.0. The maximum absolute atomic E-state index is 12.1. The number of nitro groups is 1. The van der Waals surface area contributed by atoms with Gasteiger partial charge in [-0.25, -0.2) is 5.43 Å². The van der Waals surface area contributed by atoms with Crippen LogP contribution in [0.5, 0.6) is 11.5 Å². The molecular weight excluding hydrogens is 398 g/mol. The number of nitrogens with zero attached hydrogens (tertiary/aromatic N) is 2. The Kier molecular flexibility index (Phi) is 7.31. The second-order valence-corrected chi connectivity index (χ2v) is 6.57. The molecule has 0 aliphatic rings. The first-order valence-corrected chi connectivity index (χ1v) is 9.45. The summed E-state index contributed by atoms with van der Waals surface area (Å²) < 4.78 is 10.9. The van der Waals surface area contributed by atoms with Crippen molar-refractivity contribution in [1.29, 1.82) is 0 Å². The lowest BCUT2D eigenvalue weighted by Crippen LogP contribution is -2.19. The molecule has 0 atom stereocenters. The van der Waals surface area contributed by atoms with E-state index in [2.05, 4.69) is 10.5 Å². The molecule has 3 rings (SSSR count). The predicted molar refractivity (Wildman–Crippen MR) is 116 cm³/mol. The minimum atomic E-state index is -0.445. The molecule has 0 bridgehead atoms. The van der Waals surface area contributed by atoms with Gasteiger partial charge in [0.25, 0.3) is 5.69 Å². The van der Waals surface area contributed by atoms with E-state index in [4.69, 9.17) is 9.47 Å². The Hall–Kier alpha value is -4.20. The molecular formula is C23H21N3O5. The Morgan fingerprint density at radius 1 is 1.03 bits per heavy atom. The quantitative estimate of drug-likeness (QED) is 0.322. The van der Waals surface area contributed by atoms with Crippen molar-refractivity contribution in [2.45, 2.75) is 13.0 Å². The smallest absolute Gasteiger partial charge is 0.269 e. The average Bonchev–Trinajstić information content (AvgIpc) is 2.79. The van der Waals surface area contributed by atoms with E-state index in [1.807, 2.05) is 30.3 Å². The summed E-state index contributed by atoms with van der Waals surface area (Å²) in [7, 11) is 1.59. The first kappa shape index (κ1) is 21.5. The third kappa shape index (κ3) is 6.40. The second-order valence-electron chi connectivity index (χ2n) is 6.57. The summed E-state index contributed by atoms with van der Waals surface area (Å²) in [5.74, 6) is 1.06. The van der Waals surface area contributed by atoms with E-state index in [9.17, 15) is 14.9 Å². The van der Waals surface area contributed by atoms with Crippen molar-refractivity contribution in [1.82, 2.24) is 5.43 Å². The number of amides is 1. The zero-order valence-corrected chi connectivity index (χ0v) is 16.9. The van der Waals surface area contributed by atoms with Crippen LogP contribution in [0, 0.1) is 10.1 Å². The number of benzene rings is 3. The van der Waals surface area contributed by atoms with Crippen molar-refractivity contribution < 1.29 is 19.2 Å². The maximum Gasteiger partial charge on any atom is 0.269 e. The third-order valence-corrected chi connectivity index (χ3v) is 4.38. The fraction of sp³-hybridized carbons (Fsp3) is 0.130. The van der Waals surface area contributed by atoms with Gasteiger partial charge in [0.05, 0.1) is 24.7 Å². The summed E-state index contributed by atoms with van der Waals surface area (Å²) in [6.45, 7) is 0.243. The molecule has 0 aliphatic heterocycles. The molecule has 0 heterocycles. The minimum Gasteiger partial charge on any atom is -0.497 e. The van der Waals surface area contributed by atoms with E-state index >= 15 is 0 Å². The van der Waals surface area contributed by atoms with Crippen LogP contribution < -0.4 is 14.9 Å². The standard InChI is InChI=1S/C23H21N3O5/c1-30-21-12-8-17(9-13-21)14-23(27)25-24-15-19-4-2-3-5-22(19)31-16-18-6-10-20(11-7-18)26(28)29/h2-13,15H,14,16H2,1H3,(H,25,27)/b24-15-. The topological polar surface area (TPSA) is 103 Å². The highest BCUT2D eigenvalue weighted by atomic mass is 16.6. The van der Waals surface area contributed by atoms with Gasteiger partial charge in [0.1, 0.15) is 18.1 Å². The van der Waals surface area contributed by atoms with E-state index in [-0.39, 0.29) is 24.6 Å². The van der Waals surface area contributed by atoms with Gasteiger partial charge < -0.3 is 9.47 Å². The lowest BCUT2D eigenvalue weighted by atomic mass is 10.1. The van der Waals surface area contributed by atoms with Gasteiger partial charge in [0, 0.05) is 17.7 Å². The SMILES string of the molecule is COc1ccc(CC(=O)N/N=C\c2ccccc2OCc2ccc([N+](=O)[O-])cc2)cc1. The summed E-state index contributed by atoms with van der Waals surface area (Å²) in [6, 6.07) is 20.7. The van der Waals surface area contributed by atoms with Crippen molar-refractivity contribution in [3.05, 3.63) is 99.6 Å². The Morgan fingerprint density at radius 2 is 1.71 bits per heavy atom. The van der Waals surface area contributed by atoms with Crippen LogP contribution in [0.2, 0.25) is 0 Å². The van der Waals surface area contributed by atoms with Gasteiger partial charge in [-0.2, -0.15) is 5.10 Å². The number of nitro benzene ring substituents is 1. The molecule has 1 amide bonds. The molecule has 0 unspecified atom stereocenters. The van der Waals surface area contributed by atoms with E-state index < -0.39 is 4.92 Å². The molecule has 31 heavy (non-hydrogen) atoms. The van der Waals surface area contributed by atoms with Crippen molar-refractivity contribution in [2.24, 2.45) is 5.10 Å². The summed E-state index contributed by atoms with van der Waals surface area (Å²) in [4.78, 5) is 22.4. The average molecular weight is 419 g/mol. The van der Waals surface area contributed by atoms with Crippen molar-refractivity contribution in [2.75, 3.05) is 7.11 Å². The molecule has 8 nitrogen and oxygen atoms in total. The van der Waals surface area contributed by atoms with Gasteiger partial charge in [-0.15, -0.1) is 0 Å². The monoisotopic (exact) mass is 419 g/mol. The van der Waals surface area contributed by atoms with E-state index in [1.165, 1.54) is 18.3 Å². The zero-order valence-electron chi connectivity index (χ0n) is 16.9. The molecule has 0 radical (unpaired) electrons. The van der Waals surface area contributed by atoms with Crippen LogP contribution in [0.25, 0.3) is 0 Å². The number of carbonyl (C=O) groups is 1. The third-order valence-electron chi connectivity index (χ3n) is 4.38. The van der Waals surface area contributed by atoms with Gasteiger partial charge in [-0.1, -0.05) is 24.3 Å². The molecule has 3 aromatic rings. The van der Waals surface area contributed by atoms with Gasteiger partial charge in [-0.3, -0.25) is 14.9 Å². The highest BCUT2D eigenvalue weighted by molar-refractivity contribution is 5.85. The molecule has 158 valence electrons. The van der Waals surface area contributed by atoms with Crippen LogP contribution in [0.15, 0.2) is 77.9 Å². The lowest BCUT2D eigenvalue weighted by Gasteiger charge is -2.09. The highest BCUT2D eigenvalue weighted by Crippen LogP contribution is 2.19. The fourth-order valence-electron chi connectivity index (χ4n) is 2.74. The molecule has 0 spiro atoms. The van der Waals surface area contributed by atoms with Crippen LogP contribution in [-0.4, -0.2) is 24.2 Å². The number of para-hydroxylation sites is 1. The Balaban J connectivity index is 1.55. The van der Waals surface area contributed by atoms with Crippen molar-refractivity contribution in [3.63, 3.8) is 0 Å². The molecule has 0 saturated heterocycles. The van der Waals surface area contributed by atoms with Gasteiger partial charge in [-0.05, 0) is 47.5 Å². The molecule has 0 aromatic heterocycles. The number of hydrogen-bond donors (Lipinski definition) is 1. The van der Waals surface area contributed by atoms with E-state index in [0.717, 1.165) is 16.9 Å². The Labute approximate surface area is 179 Å². The predicted octanol–water partition coefficient (Wildman–Crippen LogP) is 3.88. The van der Waals surface area contributed by atoms with Crippen LogP contribution in [0.1, 0.15) is 16.7 Å². The Bertz CT molecular complexity index is 1060. The molecule has 3 aromatic carbocycles. The summed E-state index contributed by atoms with van der Waals surface area (Å²) in [5, 5.41) is 14.8.